The van der Waals surface area contributed by atoms with Gasteiger partial charge in [-0.05, 0) is 36.5 Å². The summed E-state index contributed by atoms with van der Waals surface area (Å²) in [7, 11) is 0. The topological polar surface area (TPSA) is 0 Å². The Kier molecular flexibility index (Phi) is 5.67. The van der Waals surface area contributed by atoms with Gasteiger partial charge in [0.25, 0.3) is 0 Å². The van der Waals surface area contributed by atoms with Crippen molar-refractivity contribution >= 4 is 0 Å². The average molecular weight is 184 g/mol. The van der Waals surface area contributed by atoms with Gasteiger partial charge in [0, 0.05) is 0 Å². The molecule has 0 aromatic heterocycles. The highest BCUT2D eigenvalue weighted by molar-refractivity contribution is 4.88. The molecule has 0 atom stereocenters. The molecule has 0 heteroatoms. The highest BCUT2D eigenvalue weighted by atomic mass is 14.4. The Bertz CT molecular complexity index is 115. The predicted molar refractivity (Wildman–Crippen MR) is 61.9 cm³/mol. The van der Waals surface area contributed by atoms with E-state index in [2.05, 4.69) is 41.5 Å². The van der Waals surface area contributed by atoms with Crippen LogP contribution < -0.4 is 0 Å². The Morgan fingerprint density at radius 1 is 1.00 bits per heavy atom. The zero-order valence-corrected chi connectivity index (χ0v) is 10.5. The van der Waals surface area contributed by atoms with E-state index < -0.39 is 0 Å². The van der Waals surface area contributed by atoms with E-state index >= 15 is 0 Å². The van der Waals surface area contributed by atoms with Gasteiger partial charge in [-0.15, -0.1) is 0 Å². The summed E-state index contributed by atoms with van der Waals surface area (Å²) >= 11 is 0. The van der Waals surface area contributed by atoms with Crippen LogP contribution in [0.15, 0.2) is 0 Å². The highest BCUT2D eigenvalue weighted by Crippen LogP contribution is 2.49. The van der Waals surface area contributed by atoms with Crippen LogP contribution in [0.4, 0.5) is 0 Å². The molecule has 0 aromatic rings. The third kappa shape index (κ3) is 9.92. The largest absolute Gasteiger partial charge is 0.0630 e. The molecule has 1 rings (SSSR count). The van der Waals surface area contributed by atoms with Gasteiger partial charge in [0.2, 0.25) is 0 Å². The van der Waals surface area contributed by atoms with Crippen LogP contribution in [0.25, 0.3) is 0 Å². The molecule has 0 amide bonds. The Morgan fingerprint density at radius 3 is 1.62 bits per heavy atom. The number of rotatable bonds is 3. The molecule has 0 aliphatic heterocycles. The van der Waals surface area contributed by atoms with Gasteiger partial charge in [-0.3, -0.25) is 0 Å². The molecule has 0 radical (unpaired) electrons. The molecule has 0 bridgehead atoms. The lowest BCUT2D eigenvalue weighted by molar-refractivity contribution is 0.436. The lowest BCUT2D eigenvalue weighted by Crippen LogP contribution is -1.96. The number of hydrogen-bond acceptors (Lipinski definition) is 0. The number of hydrogen-bond donors (Lipinski definition) is 0. The van der Waals surface area contributed by atoms with Gasteiger partial charge >= 0.3 is 0 Å². The summed E-state index contributed by atoms with van der Waals surface area (Å²) in [5, 5.41) is 0. The predicted octanol–water partition coefficient (Wildman–Crippen LogP) is 4.89. The van der Waals surface area contributed by atoms with Crippen LogP contribution in [0.5, 0.6) is 0 Å². The SMILES string of the molecule is CC(C)C.CC(C)CCC1(C)CC1. The van der Waals surface area contributed by atoms with E-state index in [9.17, 15) is 0 Å². The van der Waals surface area contributed by atoms with E-state index in [1.807, 2.05) is 0 Å². The highest BCUT2D eigenvalue weighted by Gasteiger charge is 2.36. The maximum atomic E-state index is 2.41. The van der Waals surface area contributed by atoms with Crippen molar-refractivity contribution in [2.45, 2.75) is 67.2 Å². The molecule has 1 saturated carbocycles. The van der Waals surface area contributed by atoms with Crippen LogP contribution in [0.1, 0.15) is 67.2 Å². The minimum absolute atomic E-state index is 0.782. The molecule has 1 aliphatic carbocycles. The first-order chi connectivity index (χ1) is 5.86. The van der Waals surface area contributed by atoms with E-state index in [1.165, 1.54) is 25.7 Å². The Balaban J connectivity index is 0.000000310. The van der Waals surface area contributed by atoms with Crippen molar-refractivity contribution in [3.63, 3.8) is 0 Å². The molecule has 0 unspecified atom stereocenters. The monoisotopic (exact) mass is 184 g/mol. The Labute approximate surface area is 85.1 Å². The second-order valence-corrected chi connectivity index (χ2v) is 5.98. The third-order valence-electron chi connectivity index (χ3n) is 2.43. The average Bonchev–Trinajstić information content (AvgIpc) is 2.64. The van der Waals surface area contributed by atoms with Crippen molar-refractivity contribution in [1.82, 2.24) is 0 Å². The minimum Gasteiger partial charge on any atom is -0.0630 e. The first-order valence-corrected chi connectivity index (χ1v) is 5.86. The molecule has 80 valence electrons. The second kappa shape index (κ2) is 5.67. The molecule has 0 aromatic carbocycles. The standard InChI is InChI=1S/C9H18.C4H10/c1-8(2)4-5-9(3)6-7-9;1-4(2)3/h8H,4-7H2,1-3H3;4H,1-3H3. The maximum Gasteiger partial charge on any atom is -0.0325 e. The molecule has 0 saturated heterocycles. The van der Waals surface area contributed by atoms with Crippen LogP contribution in [-0.2, 0) is 0 Å². The normalized spacial score (nSPS) is 18.5. The van der Waals surface area contributed by atoms with Gasteiger partial charge in [-0.2, -0.15) is 0 Å². The summed E-state index contributed by atoms with van der Waals surface area (Å²) in [6.45, 7) is 13.5. The lowest BCUT2D eigenvalue weighted by Gasteiger charge is -2.08. The summed E-state index contributed by atoms with van der Waals surface area (Å²) in [5.41, 5.74) is 0.782. The van der Waals surface area contributed by atoms with Crippen molar-refractivity contribution in [2.24, 2.45) is 17.3 Å². The summed E-state index contributed by atoms with van der Waals surface area (Å²) in [6.07, 6.45) is 5.86. The quantitative estimate of drug-likeness (QED) is 0.586. The molecule has 0 N–H and O–H groups in total. The molecule has 1 aliphatic rings. The second-order valence-electron chi connectivity index (χ2n) is 5.98. The fourth-order valence-electron chi connectivity index (χ4n) is 1.10. The van der Waals surface area contributed by atoms with Gasteiger partial charge in [0.1, 0.15) is 0 Å². The molecular formula is C13H28. The zero-order chi connectivity index (χ0) is 10.5. The van der Waals surface area contributed by atoms with Gasteiger partial charge in [0.15, 0.2) is 0 Å². The van der Waals surface area contributed by atoms with Crippen LogP contribution in [0.3, 0.4) is 0 Å². The van der Waals surface area contributed by atoms with Gasteiger partial charge in [0.05, 0.1) is 0 Å². The van der Waals surface area contributed by atoms with Crippen LogP contribution in [-0.4, -0.2) is 0 Å². The van der Waals surface area contributed by atoms with Crippen molar-refractivity contribution in [1.29, 1.82) is 0 Å². The van der Waals surface area contributed by atoms with Crippen molar-refractivity contribution < 1.29 is 0 Å². The maximum absolute atomic E-state index is 2.41. The Hall–Kier alpha value is 0. The summed E-state index contributed by atoms with van der Waals surface area (Å²) in [6, 6.07) is 0. The van der Waals surface area contributed by atoms with Crippen LogP contribution >= 0.6 is 0 Å². The minimum atomic E-state index is 0.782. The van der Waals surface area contributed by atoms with E-state index in [0.29, 0.717) is 0 Å². The fraction of sp³-hybridized carbons (Fsp3) is 1.00. The van der Waals surface area contributed by atoms with E-state index in [1.54, 1.807) is 0 Å². The molecule has 0 nitrogen and oxygen atoms in total. The smallest absolute Gasteiger partial charge is 0.0325 e. The van der Waals surface area contributed by atoms with Crippen molar-refractivity contribution in [3.05, 3.63) is 0 Å². The molecule has 0 heterocycles. The van der Waals surface area contributed by atoms with Crippen LogP contribution in [0, 0.1) is 17.3 Å². The van der Waals surface area contributed by atoms with E-state index in [4.69, 9.17) is 0 Å². The molecule has 0 spiro atoms. The zero-order valence-electron chi connectivity index (χ0n) is 10.5. The Morgan fingerprint density at radius 2 is 1.38 bits per heavy atom. The van der Waals surface area contributed by atoms with Crippen molar-refractivity contribution in [2.75, 3.05) is 0 Å². The first kappa shape index (κ1) is 13.0. The van der Waals surface area contributed by atoms with Crippen LogP contribution in [0.2, 0.25) is 0 Å². The lowest BCUT2D eigenvalue weighted by atomic mass is 9.97. The molecular weight excluding hydrogens is 156 g/mol. The van der Waals surface area contributed by atoms with Crippen molar-refractivity contribution in [3.8, 4) is 0 Å². The van der Waals surface area contributed by atoms with E-state index in [-0.39, 0.29) is 0 Å². The van der Waals surface area contributed by atoms with Gasteiger partial charge < -0.3 is 0 Å². The summed E-state index contributed by atoms with van der Waals surface area (Å²) < 4.78 is 0. The summed E-state index contributed by atoms with van der Waals surface area (Å²) in [4.78, 5) is 0. The fourth-order valence-corrected chi connectivity index (χ4v) is 1.10. The third-order valence-corrected chi connectivity index (χ3v) is 2.43. The van der Waals surface area contributed by atoms with E-state index in [0.717, 1.165) is 17.3 Å². The first-order valence-electron chi connectivity index (χ1n) is 5.86. The summed E-state index contributed by atoms with van der Waals surface area (Å²) in [5.74, 6) is 1.74. The molecule has 1 fully saturated rings. The van der Waals surface area contributed by atoms with Gasteiger partial charge in [-0.25, -0.2) is 0 Å². The molecule has 13 heavy (non-hydrogen) atoms. The van der Waals surface area contributed by atoms with Gasteiger partial charge in [-0.1, -0.05) is 48.0 Å².